The predicted octanol–water partition coefficient (Wildman–Crippen LogP) is 2.35. The molecule has 0 unspecified atom stereocenters. The van der Waals surface area contributed by atoms with Crippen molar-refractivity contribution < 1.29 is 5.11 Å². The van der Waals surface area contributed by atoms with Gasteiger partial charge in [-0.05, 0) is 38.5 Å². The number of fused-ring (bicyclic) bond motifs is 1. The first kappa shape index (κ1) is 13.1. The summed E-state index contributed by atoms with van der Waals surface area (Å²) >= 11 is 0. The molecule has 0 spiro atoms. The quantitative estimate of drug-likeness (QED) is 0.869. The van der Waals surface area contributed by atoms with E-state index in [2.05, 4.69) is 48.1 Å². The number of benzene rings is 1. The predicted molar refractivity (Wildman–Crippen MR) is 75.7 cm³/mol. The molecule has 0 bridgehead atoms. The summed E-state index contributed by atoms with van der Waals surface area (Å²) in [5, 5.41) is 14.3. The van der Waals surface area contributed by atoms with Gasteiger partial charge in [-0.25, -0.2) is 0 Å². The fourth-order valence-corrected chi connectivity index (χ4v) is 2.23. The lowest BCUT2D eigenvalue weighted by molar-refractivity contribution is 0.0793. The highest BCUT2D eigenvalue weighted by atomic mass is 16.3. The first-order valence-electron chi connectivity index (χ1n) is 6.35. The zero-order valence-corrected chi connectivity index (χ0v) is 11.6. The molecule has 2 rings (SSSR count). The van der Waals surface area contributed by atoms with Crippen molar-refractivity contribution in [3.63, 3.8) is 0 Å². The Morgan fingerprint density at radius 1 is 1.33 bits per heavy atom. The Kier molecular flexibility index (Phi) is 3.46. The van der Waals surface area contributed by atoms with Gasteiger partial charge in [0.05, 0.1) is 5.60 Å². The first-order chi connectivity index (χ1) is 8.38. The van der Waals surface area contributed by atoms with Gasteiger partial charge in [-0.15, -0.1) is 0 Å². The van der Waals surface area contributed by atoms with Gasteiger partial charge in [-0.3, -0.25) is 0 Å². The van der Waals surface area contributed by atoms with E-state index in [0.717, 1.165) is 6.54 Å². The molecule has 0 atom stereocenters. The Morgan fingerprint density at radius 2 is 2.06 bits per heavy atom. The third-order valence-electron chi connectivity index (χ3n) is 3.27. The van der Waals surface area contributed by atoms with Crippen LogP contribution in [0.2, 0.25) is 0 Å². The molecule has 0 fully saturated rings. The number of aliphatic hydroxyl groups is 1. The van der Waals surface area contributed by atoms with Crippen molar-refractivity contribution in [1.82, 2.24) is 9.88 Å². The molecule has 0 amide bonds. The van der Waals surface area contributed by atoms with Gasteiger partial charge in [0, 0.05) is 36.7 Å². The number of aryl methyl sites for hydroxylation is 2. The highest BCUT2D eigenvalue weighted by Crippen LogP contribution is 2.21. The molecule has 3 heteroatoms. The van der Waals surface area contributed by atoms with E-state index in [-0.39, 0.29) is 0 Å². The molecule has 0 saturated heterocycles. The molecule has 1 aromatic carbocycles. The second-order valence-corrected chi connectivity index (χ2v) is 5.62. The number of aromatic nitrogens is 1. The molecule has 2 aromatic rings. The van der Waals surface area contributed by atoms with E-state index >= 15 is 0 Å². The summed E-state index contributed by atoms with van der Waals surface area (Å²) in [7, 11) is 2.09. The van der Waals surface area contributed by atoms with Crippen molar-refractivity contribution in [2.75, 3.05) is 6.54 Å². The Balaban J connectivity index is 2.19. The van der Waals surface area contributed by atoms with Crippen LogP contribution in [0.4, 0.5) is 0 Å². The minimum Gasteiger partial charge on any atom is -0.389 e. The lowest BCUT2D eigenvalue weighted by Gasteiger charge is -2.17. The van der Waals surface area contributed by atoms with Crippen LogP contribution in [0.3, 0.4) is 0 Å². The Morgan fingerprint density at radius 3 is 2.67 bits per heavy atom. The summed E-state index contributed by atoms with van der Waals surface area (Å²) in [5.41, 5.74) is 3.14. The topological polar surface area (TPSA) is 37.2 Å². The molecule has 3 nitrogen and oxygen atoms in total. The normalized spacial score (nSPS) is 12.3. The zero-order valence-electron chi connectivity index (χ0n) is 11.6. The maximum atomic E-state index is 9.68. The Hall–Kier alpha value is -1.32. The van der Waals surface area contributed by atoms with Crippen LogP contribution in [0, 0.1) is 6.92 Å². The van der Waals surface area contributed by atoms with Gasteiger partial charge in [0.15, 0.2) is 0 Å². The minimum atomic E-state index is -0.666. The lowest BCUT2D eigenvalue weighted by Crippen LogP contribution is -2.34. The average Bonchev–Trinajstić information content (AvgIpc) is 2.57. The van der Waals surface area contributed by atoms with Crippen LogP contribution in [0.15, 0.2) is 24.3 Å². The van der Waals surface area contributed by atoms with Crippen molar-refractivity contribution in [3.05, 3.63) is 35.5 Å². The van der Waals surface area contributed by atoms with Crippen LogP contribution in [-0.2, 0) is 13.6 Å². The molecular formula is C15H22N2O. The van der Waals surface area contributed by atoms with E-state index in [9.17, 15) is 5.11 Å². The van der Waals surface area contributed by atoms with Gasteiger partial charge in [0.25, 0.3) is 0 Å². The van der Waals surface area contributed by atoms with Gasteiger partial charge in [0.1, 0.15) is 0 Å². The summed E-state index contributed by atoms with van der Waals surface area (Å²) < 4.78 is 2.21. The molecule has 2 N–H and O–H groups in total. The highest BCUT2D eigenvalue weighted by molar-refractivity contribution is 5.84. The molecule has 0 aliphatic heterocycles. The van der Waals surface area contributed by atoms with Crippen LogP contribution in [-0.4, -0.2) is 21.8 Å². The molecule has 0 aliphatic carbocycles. The van der Waals surface area contributed by atoms with Gasteiger partial charge < -0.3 is 15.0 Å². The van der Waals surface area contributed by atoms with Crippen LogP contribution >= 0.6 is 0 Å². The summed E-state index contributed by atoms with van der Waals surface area (Å²) in [6, 6.07) is 8.59. The van der Waals surface area contributed by atoms with Crippen LogP contribution in [0.1, 0.15) is 25.1 Å². The fourth-order valence-electron chi connectivity index (χ4n) is 2.23. The molecule has 98 valence electrons. The number of rotatable bonds is 4. The molecule has 0 radical (unpaired) electrons. The smallest absolute Gasteiger partial charge is 0.0715 e. The first-order valence-corrected chi connectivity index (χ1v) is 6.35. The largest absolute Gasteiger partial charge is 0.389 e. The average molecular weight is 246 g/mol. The SMILES string of the molecule is Cc1cccc2c1cc(CNCC(C)(C)O)n2C. The number of nitrogens with zero attached hydrogens (tertiary/aromatic N) is 1. The zero-order chi connectivity index (χ0) is 13.3. The van der Waals surface area contributed by atoms with E-state index < -0.39 is 5.60 Å². The molecule has 0 saturated carbocycles. The monoisotopic (exact) mass is 246 g/mol. The third kappa shape index (κ3) is 2.74. The molecular weight excluding hydrogens is 224 g/mol. The van der Waals surface area contributed by atoms with Gasteiger partial charge in [-0.2, -0.15) is 0 Å². The molecule has 1 heterocycles. The van der Waals surface area contributed by atoms with Crippen molar-refractivity contribution >= 4 is 10.9 Å². The Bertz CT molecular complexity index is 549. The van der Waals surface area contributed by atoms with Crippen LogP contribution < -0.4 is 5.32 Å². The second-order valence-electron chi connectivity index (χ2n) is 5.62. The summed E-state index contributed by atoms with van der Waals surface area (Å²) in [5.74, 6) is 0. The minimum absolute atomic E-state index is 0.591. The molecule has 0 aliphatic rings. The fraction of sp³-hybridized carbons (Fsp3) is 0.467. The van der Waals surface area contributed by atoms with E-state index in [0.29, 0.717) is 6.54 Å². The van der Waals surface area contributed by atoms with E-state index in [1.165, 1.54) is 22.2 Å². The van der Waals surface area contributed by atoms with Crippen molar-refractivity contribution in [2.24, 2.45) is 7.05 Å². The second kappa shape index (κ2) is 4.75. The number of hydrogen-bond acceptors (Lipinski definition) is 2. The van der Waals surface area contributed by atoms with Crippen LogP contribution in [0.5, 0.6) is 0 Å². The van der Waals surface area contributed by atoms with Gasteiger partial charge in [-0.1, -0.05) is 12.1 Å². The van der Waals surface area contributed by atoms with Crippen molar-refractivity contribution in [1.29, 1.82) is 0 Å². The molecule has 1 aromatic heterocycles. The number of nitrogens with one attached hydrogen (secondary N) is 1. The van der Waals surface area contributed by atoms with Gasteiger partial charge in [0.2, 0.25) is 0 Å². The lowest BCUT2D eigenvalue weighted by atomic mass is 10.1. The van der Waals surface area contributed by atoms with E-state index in [1.807, 2.05) is 13.8 Å². The van der Waals surface area contributed by atoms with E-state index in [1.54, 1.807) is 0 Å². The standard InChI is InChI=1S/C15H22N2O/c1-11-6-5-7-14-13(11)8-12(17(14)4)9-16-10-15(2,3)18/h5-8,16,18H,9-10H2,1-4H3. The third-order valence-corrected chi connectivity index (χ3v) is 3.27. The van der Waals surface area contributed by atoms with Crippen molar-refractivity contribution in [3.8, 4) is 0 Å². The van der Waals surface area contributed by atoms with E-state index in [4.69, 9.17) is 0 Å². The summed E-state index contributed by atoms with van der Waals surface area (Å²) in [6.45, 7) is 7.12. The maximum absolute atomic E-state index is 9.68. The number of hydrogen-bond donors (Lipinski definition) is 2. The summed E-state index contributed by atoms with van der Waals surface area (Å²) in [6.07, 6.45) is 0. The highest BCUT2D eigenvalue weighted by Gasteiger charge is 2.12. The Labute approximate surface area is 108 Å². The van der Waals surface area contributed by atoms with Gasteiger partial charge >= 0.3 is 0 Å². The van der Waals surface area contributed by atoms with Crippen LogP contribution in [0.25, 0.3) is 10.9 Å². The summed E-state index contributed by atoms with van der Waals surface area (Å²) in [4.78, 5) is 0. The maximum Gasteiger partial charge on any atom is 0.0715 e. The molecule has 18 heavy (non-hydrogen) atoms. The van der Waals surface area contributed by atoms with Crippen molar-refractivity contribution in [2.45, 2.75) is 32.9 Å².